The second-order valence-corrected chi connectivity index (χ2v) is 7.93. The van der Waals surface area contributed by atoms with Crippen LogP contribution < -0.4 is 0 Å². The van der Waals surface area contributed by atoms with Gasteiger partial charge in [-0.15, -0.1) is 0 Å². The van der Waals surface area contributed by atoms with Crippen molar-refractivity contribution in [2.75, 3.05) is 26.2 Å². The lowest BCUT2D eigenvalue weighted by atomic mass is 9.95. The van der Waals surface area contributed by atoms with E-state index in [1.165, 1.54) is 9.71 Å². The summed E-state index contributed by atoms with van der Waals surface area (Å²) in [5.74, 6) is 0.188. The Morgan fingerprint density at radius 3 is 2.26 bits per heavy atom. The molecule has 0 radical (unpaired) electrons. The number of piperidine rings is 1. The minimum atomic E-state index is -3.41. The van der Waals surface area contributed by atoms with Gasteiger partial charge in [0.1, 0.15) is 0 Å². The molecule has 124 valence electrons. The maximum Gasteiger partial charge on any atom is 0.236 e. The number of benzene rings is 1. The maximum absolute atomic E-state index is 12.4. The molecular weight excluding hydrogens is 312 g/mol. The van der Waals surface area contributed by atoms with Crippen LogP contribution in [-0.4, -0.2) is 49.7 Å². The average molecular weight is 334 g/mol. The van der Waals surface area contributed by atoms with Crippen molar-refractivity contribution in [1.82, 2.24) is 9.21 Å². The minimum Gasteiger partial charge on any atom is -0.342 e. The van der Waals surface area contributed by atoms with Crippen LogP contribution in [0.2, 0.25) is 0 Å². The minimum absolute atomic E-state index is 0.0140. The Kier molecular flexibility index (Phi) is 4.82. The summed E-state index contributed by atoms with van der Waals surface area (Å²) in [6.07, 6.45) is 3.94. The fourth-order valence-corrected chi connectivity index (χ4v) is 4.19. The van der Waals surface area contributed by atoms with Crippen LogP contribution in [0.5, 0.6) is 0 Å². The topological polar surface area (TPSA) is 57.7 Å². The summed E-state index contributed by atoms with van der Waals surface area (Å²) in [7, 11) is -3.41. The third-order valence-electron chi connectivity index (χ3n) is 4.56. The molecule has 0 saturated carbocycles. The van der Waals surface area contributed by atoms with E-state index in [0.29, 0.717) is 25.9 Å². The lowest BCUT2D eigenvalue weighted by Gasteiger charge is -2.37. The fourth-order valence-electron chi connectivity index (χ4n) is 2.97. The molecule has 0 unspecified atom stereocenters. The van der Waals surface area contributed by atoms with Gasteiger partial charge in [-0.3, -0.25) is 4.79 Å². The van der Waals surface area contributed by atoms with E-state index in [2.05, 4.69) is 0 Å². The third kappa shape index (κ3) is 3.82. The molecule has 1 aromatic rings. The van der Waals surface area contributed by atoms with Gasteiger partial charge in [0.25, 0.3) is 0 Å². The summed E-state index contributed by atoms with van der Waals surface area (Å²) in [4.78, 5) is 14.1. The van der Waals surface area contributed by atoms with Gasteiger partial charge in [0.2, 0.25) is 15.9 Å². The Morgan fingerprint density at radius 2 is 1.70 bits per heavy atom. The second-order valence-electron chi connectivity index (χ2n) is 6.11. The normalized spacial score (nSPS) is 20.6. The Morgan fingerprint density at radius 1 is 1.04 bits per heavy atom. The molecule has 6 heteroatoms. The predicted octanol–water partition coefficient (Wildman–Crippen LogP) is 1.93. The molecule has 0 aliphatic carbocycles. The zero-order valence-corrected chi connectivity index (χ0v) is 13.9. The molecule has 1 aromatic carbocycles. The maximum atomic E-state index is 12.4. The number of sulfonamides is 1. The lowest BCUT2D eigenvalue weighted by Crippen LogP contribution is -2.48. The number of amides is 1. The Bertz CT molecular complexity index is 673. The second kappa shape index (κ2) is 6.84. The Labute approximate surface area is 137 Å². The van der Waals surface area contributed by atoms with Crippen molar-refractivity contribution in [1.29, 1.82) is 0 Å². The largest absolute Gasteiger partial charge is 0.342 e. The molecule has 2 aliphatic heterocycles. The number of hydrogen-bond donors (Lipinski definition) is 0. The SMILES string of the molecule is O=C(C1CCN(S(=O)(=O)/C=C/c2ccccc2)CC1)N1CCC1. The molecule has 0 N–H and O–H groups in total. The van der Waals surface area contributed by atoms with E-state index in [0.717, 1.165) is 25.1 Å². The first-order chi connectivity index (χ1) is 11.1. The van der Waals surface area contributed by atoms with Crippen LogP contribution in [0, 0.1) is 5.92 Å². The van der Waals surface area contributed by atoms with Gasteiger partial charge in [-0.1, -0.05) is 30.3 Å². The van der Waals surface area contributed by atoms with Crippen molar-refractivity contribution in [3.05, 3.63) is 41.3 Å². The van der Waals surface area contributed by atoms with Crippen molar-refractivity contribution in [3.8, 4) is 0 Å². The number of nitrogens with zero attached hydrogens (tertiary/aromatic N) is 2. The van der Waals surface area contributed by atoms with Crippen LogP contribution in [0.25, 0.3) is 6.08 Å². The van der Waals surface area contributed by atoms with Crippen molar-refractivity contribution >= 4 is 22.0 Å². The van der Waals surface area contributed by atoms with E-state index in [1.807, 2.05) is 35.2 Å². The van der Waals surface area contributed by atoms with Crippen molar-refractivity contribution < 1.29 is 13.2 Å². The van der Waals surface area contributed by atoms with E-state index in [9.17, 15) is 13.2 Å². The highest BCUT2D eigenvalue weighted by molar-refractivity contribution is 7.92. The van der Waals surface area contributed by atoms with Gasteiger partial charge < -0.3 is 4.90 Å². The molecule has 3 rings (SSSR count). The summed E-state index contributed by atoms with van der Waals surface area (Å²) < 4.78 is 26.2. The molecule has 0 atom stereocenters. The van der Waals surface area contributed by atoms with Gasteiger partial charge in [-0.25, -0.2) is 8.42 Å². The van der Waals surface area contributed by atoms with E-state index >= 15 is 0 Å². The Hall–Kier alpha value is -1.66. The number of carbonyl (C=O) groups excluding carboxylic acids is 1. The van der Waals surface area contributed by atoms with Gasteiger partial charge in [0, 0.05) is 37.5 Å². The standard InChI is InChI=1S/C17H22N2O3S/c20-17(18-10-4-11-18)16-7-12-19(13-8-16)23(21,22)14-9-15-5-2-1-3-6-15/h1-3,5-6,9,14,16H,4,7-8,10-13H2/b14-9+. The molecule has 2 aliphatic rings. The number of likely N-dealkylation sites (tertiary alicyclic amines) is 1. The van der Waals surface area contributed by atoms with Gasteiger partial charge >= 0.3 is 0 Å². The van der Waals surface area contributed by atoms with Crippen molar-refractivity contribution in [2.45, 2.75) is 19.3 Å². The van der Waals surface area contributed by atoms with Crippen LogP contribution >= 0.6 is 0 Å². The quantitative estimate of drug-likeness (QED) is 0.845. The molecular formula is C17H22N2O3S. The van der Waals surface area contributed by atoms with Crippen LogP contribution in [0.1, 0.15) is 24.8 Å². The summed E-state index contributed by atoms with van der Waals surface area (Å²) in [5, 5.41) is 1.26. The van der Waals surface area contributed by atoms with E-state index in [4.69, 9.17) is 0 Å². The predicted molar refractivity (Wildman–Crippen MR) is 89.9 cm³/mol. The highest BCUT2D eigenvalue weighted by atomic mass is 32.2. The first kappa shape index (κ1) is 16.2. The summed E-state index contributed by atoms with van der Waals surface area (Å²) in [6.45, 7) is 2.56. The smallest absolute Gasteiger partial charge is 0.236 e. The molecule has 1 amide bonds. The average Bonchev–Trinajstić information content (AvgIpc) is 2.52. The van der Waals surface area contributed by atoms with Gasteiger partial charge in [-0.05, 0) is 30.9 Å². The molecule has 2 fully saturated rings. The fraction of sp³-hybridized carbons (Fsp3) is 0.471. The molecule has 5 nitrogen and oxygen atoms in total. The van der Waals surface area contributed by atoms with Crippen LogP contribution in [0.15, 0.2) is 35.7 Å². The zero-order chi connectivity index (χ0) is 16.3. The van der Waals surface area contributed by atoms with Gasteiger partial charge in [0.05, 0.1) is 0 Å². The van der Waals surface area contributed by atoms with Gasteiger partial charge in [0.15, 0.2) is 0 Å². The van der Waals surface area contributed by atoms with E-state index in [-0.39, 0.29) is 11.8 Å². The van der Waals surface area contributed by atoms with Crippen molar-refractivity contribution in [2.24, 2.45) is 5.92 Å². The Balaban J connectivity index is 1.57. The monoisotopic (exact) mass is 334 g/mol. The summed E-state index contributed by atoms with van der Waals surface area (Å²) in [5.41, 5.74) is 0.860. The highest BCUT2D eigenvalue weighted by Gasteiger charge is 2.33. The lowest BCUT2D eigenvalue weighted by molar-refractivity contribution is -0.140. The van der Waals surface area contributed by atoms with Gasteiger partial charge in [-0.2, -0.15) is 4.31 Å². The molecule has 23 heavy (non-hydrogen) atoms. The van der Waals surface area contributed by atoms with E-state index < -0.39 is 10.0 Å². The zero-order valence-electron chi connectivity index (χ0n) is 13.1. The first-order valence-electron chi connectivity index (χ1n) is 8.08. The molecule has 0 spiro atoms. The number of hydrogen-bond acceptors (Lipinski definition) is 3. The molecule has 0 aromatic heterocycles. The van der Waals surface area contributed by atoms with Crippen LogP contribution in [0.3, 0.4) is 0 Å². The molecule has 2 heterocycles. The van der Waals surface area contributed by atoms with E-state index in [1.54, 1.807) is 6.08 Å². The van der Waals surface area contributed by atoms with Crippen LogP contribution in [0.4, 0.5) is 0 Å². The van der Waals surface area contributed by atoms with Crippen molar-refractivity contribution in [3.63, 3.8) is 0 Å². The number of rotatable bonds is 4. The van der Waals surface area contributed by atoms with Crippen LogP contribution in [-0.2, 0) is 14.8 Å². The highest BCUT2D eigenvalue weighted by Crippen LogP contribution is 2.24. The number of carbonyl (C=O) groups is 1. The summed E-state index contributed by atoms with van der Waals surface area (Å²) >= 11 is 0. The molecule has 2 saturated heterocycles. The summed E-state index contributed by atoms with van der Waals surface area (Å²) in [6, 6.07) is 9.37. The third-order valence-corrected chi connectivity index (χ3v) is 6.13. The first-order valence-corrected chi connectivity index (χ1v) is 9.59. The molecule has 0 bridgehead atoms.